The summed E-state index contributed by atoms with van der Waals surface area (Å²) in [6, 6.07) is 22.5. The van der Waals surface area contributed by atoms with Crippen molar-refractivity contribution in [2.75, 3.05) is 6.54 Å². The smallest absolute Gasteiger partial charge is 0.261 e. The number of rotatable bonds is 8. The predicted molar refractivity (Wildman–Crippen MR) is 111 cm³/mol. The van der Waals surface area contributed by atoms with Crippen molar-refractivity contribution < 1.29 is 9.53 Å². The molecule has 0 spiro atoms. The number of amides is 1. The van der Waals surface area contributed by atoms with Crippen molar-refractivity contribution in [3.05, 3.63) is 77.9 Å². The van der Waals surface area contributed by atoms with Gasteiger partial charge in [-0.1, -0.05) is 73.2 Å². The van der Waals surface area contributed by atoms with Gasteiger partial charge in [0.15, 0.2) is 6.10 Å². The van der Waals surface area contributed by atoms with Gasteiger partial charge in [0.05, 0.1) is 0 Å². The standard InChI is InChI=1S/C24H27NO2/c1-3-22(27-23-12-6-10-20-9-4-5-11-21(20)23)24(26)25-17-7-8-19-15-13-18(2)14-16-19/h4-6,9-16,22H,3,7-8,17H2,1-2H3,(H,25,26)/t22-/m1/s1. The molecule has 3 aromatic carbocycles. The number of aryl methyl sites for hydroxylation is 2. The third-order valence-electron chi connectivity index (χ3n) is 4.74. The van der Waals surface area contributed by atoms with Gasteiger partial charge in [0.2, 0.25) is 0 Å². The van der Waals surface area contributed by atoms with Crippen molar-refractivity contribution in [3.63, 3.8) is 0 Å². The molecule has 3 heteroatoms. The second kappa shape index (κ2) is 9.22. The number of benzene rings is 3. The van der Waals surface area contributed by atoms with Crippen LogP contribution in [0.4, 0.5) is 0 Å². The minimum atomic E-state index is -0.477. The van der Waals surface area contributed by atoms with Crippen LogP contribution in [0, 0.1) is 6.92 Å². The van der Waals surface area contributed by atoms with Gasteiger partial charge in [-0.2, -0.15) is 0 Å². The molecule has 1 atom stereocenters. The molecule has 140 valence electrons. The summed E-state index contributed by atoms with van der Waals surface area (Å²) in [5.41, 5.74) is 2.57. The summed E-state index contributed by atoms with van der Waals surface area (Å²) in [6.07, 6.45) is 2.03. The van der Waals surface area contributed by atoms with E-state index in [2.05, 4.69) is 36.5 Å². The van der Waals surface area contributed by atoms with Crippen molar-refractivity contribution in [1.29, 1.82) is 0 Å². The van der Waals surface area contributed by atoms with Gasteiger partial charge in [0, 0.05) is 11.9 Å². The number of nitrogens with one attached hydrogen (secondary N) is 1. The van der Waals surface area contributed by atoms with Gasteiger partial charge in [0.1, 0.15) is 5.75 Å². The Morgan fingerprint density at radius 3 is 2.52 bits per heavy atom. The van der Waals surface area contributed by atoms with Crippen LogP contribution < -0.4 is 10.1 Å². The number of carbonyl (C=O) groups excluding carboxylic acids is 1. The molecule has 0 radical (unpaired) electrons. The summed E-state index contributed by atoms with van der Waals surface area (Å²) in [5.74, 6) is 0.712. The summed E-state index contributed by atoms with van der Waals surface area (Å²) in [7, 11) is 0. The number of fused-ring (bicyclic) bond motifs is 1. The Bertz CT molecular complexity index is 881. The molecule has 0 aromatic heterocycles. The molecule has 0 heterocycles. The molecule has 0 fully saturated rings. The van der Waals surface area contributed by atoms with E-state index in [1.807, 2.05) is 49.4 Å². The van der Waals surface area contributed by atoms with E-state index in [9.17, 15) is 4.79 Å². The largest absolute Gasteiger partial charge is 0.480 e. The van der Waals surface area contributed by atoms with Crippen LogP contribution in [0.3, 0.4) is 0 Å². The van der Waals surface area contributed by atoms with Gasteiger partial charge >= 0.3 is 0 Å². The van der Waals surface area contributed by atoms with Gasteiger partial charge in [0.25, 0.3) is 5.91 Å². The molecule has 0 aliphatic carbocycles. The summed E-state index contributed by atoms with van der Waals surface area (Å²) in [5, 5.41) is 5.17. The fourth-order valence-electron chi connectivity index (χ4n) is 3.15. The van der Waals surface area contributed by atoms with Crippen molar-refractivity contribution in [2.24, 2.45) is 0 Å². The molecular formula is C24H27NO2. The molecule has 0 saturated heterocycles. The Hall–Kier alpha value is -2.81. The number of ether oxygens (including phenoxy) is 1. The SMILES string of the molecule is CC[C@@H](Oc1cccc2ccccc12)C(=O)NCCCc1ccc(C)cc1. The van der Waals surface area contributed by atoms with Gasteiger partial charge in [-0.15, -0.1) is 0 Å². The first-order valence-electron chi connectivity index (χ1n) is 9.65. The van der Waals surface area contributed by atoms with E-state index in [0.717, 1.165) is 29.4 Å². The van der Waals surface area contributed by atoms with Crippen molar-refractivity contribution in [2.45, 2.75) is 39.2 Å². The van der Waals surface area contributed by atoms with E-state index in [4.69, 9.17) is 4.74 Å². The number of hydrogen-bond donors (Lipinski definition) is 1. The molecule has 0 bridgehead atoms. The monoisotopic (exact) mass is 361 g/mol. The lowest BCUT2D eigenvalue weighted by molar-refractivity contribution is -0.128. The van der Waals surface area contributed by atoms with Crippen LogP contribution in [0.15, 0.2) is 66.7 Å². The second-order valence-corrected chi connectivity index (χ2v) is 6.87. The van der Waals surface area contributed by atoms with Crippen LogP contribution in [0.5, 0.6) is 5.75 Å². The average molecular weight is 361 g/mol. The van der Waals surface area contributed by atoms with E-state index in [0.29, 0.717) is 13.0 Å². The van der Waals surface area contributed by atoms with E-state index < -0.39 is 6.10 Å². The highest BCUT2D eigenvalue weighted by Crippen LogP contribution is 2.26. The molecule has 0 aliphatic heterocycles. The topological polar surface area (TPSA) is 38.3 Å². The van der Waals surface area contributed by atoms with Crippen LogP contribution in [0.2, 0.25) is 0 Å². The summed E-state index contributed by atoms with van der Waals surface area (Å²) in [6.45, 7) is 4.72. The molecule has 0 unspecified atom stereocenters. The zero-order valence-corrected chi connectivity index (χ0v) is 16.1. The lowest BCUT2D eigenvalue weighted by Crippen LogP contribution is -2.38. The van der Waals surface area contributed by atoms with Crippen molar-refractivity contribution in [3.8, 4) is 5.75 Å². The zero-order valence-electron chi connectivity index (χ0n) is 16.1. The highest BCUT2D eigenvalue weighted by Gasteiger charge is 2.18. The van der Waals surface area contributed by atoms with Gasteiger partial charge in [-0.25, -0.2) is 0 Å². The molecule has 1 amide bonds. The Morgan fingerprint density at radius 1 is 1.00 bits per heavy atom. The lowest BCUT2D eigenvalue weighted by atomic mass is 10.1. The predicted octanol–water partition coefficient (Wildman–Crippen LogP) is 5.05. The molecule has 3 rings (SSSR count). The number of hydrogen-bond acceptors (Lipinski definition) is 2. The lowest BCUT2D eigenvalue weighted by Gasteiger charge is -2.18. The second-order valence-electron chi connectivity index (χ2n) is 6.87. The van der Waals surface area contributed by atoms with Crippen LogP contribution in [0.1, 0.15) is 30.9 Å². The van der Waals surface area contributed by atoms with Gasteiger partial charge in [-0.3, -0.25) is 4.79 Å². The third-order valence-corrected chi connectivity index (χ3v) is 4.74. The Balaban J connectivity index is 1.53. The van der Waals surface area contributed by atoms with Crippen molar-refractivity contribution >= 4 is 16.7 Å². The molecule has 0 saturated carbocycles. The highest BCUT2D eigenvalue weighted by atomic mass is 16.5. The highest BCUT2D eigenvalue weighted by molar-refractivity contribution is 5.89. The van der Waals surface area contributed by atoms with E-state index >= 15 is 0 Å². The first-order chi connectivity index (χ1) is 13.2. The maximum atomic E-state index is 12.5. The fourth-order valence-corrected chi connectivity index (χ4v) is 3.15. The average Bonchev–Trinajstić information content (AvgIpc) is 2.70. The molecule has 0 aliphatic rings. The third kappa shape index (κ3) is 5.10. The van der Waals surface area contributed by atoms with E-state index in [1.54, 1.807) is 0 Å². The first kappa shape index (κ1) is 19.0. The summed E-state index contributed by atoms with van der Waals surface area (Å²) in [4.78, 5) is 12.5. The normalized spacial score (nSPS) is 11.9. The van der Waals surface area contributed by atoms with Gasteiger partial charge in [-0.05, 0) is 43.2 Å². The minimum absolute atomic E-state index is 0.0469. The first-order valence-corrected chi connectivity index (χ1v) is 9.65. The Kier molecular flexibility index (Phi) is 6.48. The maximum Gasteiger partial charge on any atom is 0.261 e. The molecule has 1 N–H and O–H groups in total. The summed E-state index contributed by atoms with van der Waals surface area (Å²) >= 11 is 0. The Morgan fingerprint density at radius 2 is 1.74 bits per heavy atom. The van der Waals surface area contributed by atoms with E-state index in [-0.39, 0.29) is 5.91 Å². The van der Waals surface area contributed by atoms with Gasteiger partial charge < -0.3 is 10.1 Å². The maximum absolute atomic E-state index is 12.5. The summed E-state index contributed by atoms with van der Waals surface area (Å²) < 4.78 is 6.06. The fraction of sp³-hybridized carbons (Fsp3) is 0.292. The molecule has 3 aromatic rings. The van der Waals surface area contributed by atoms with Crippen LogP contribution in [0.25, 0.3) is 10.8 Å². The zero-order chi connectivity index (χ0) is 19.1. The number of carbonyl (C=O) groups is 1. The Labute approximate surface area is 161 Å². The van der Waals surface area contributed by atoms with Crippen LogP contribution in [-0.4, -0.2) is 18.6 Å². The molecular weight excluding hydrogens is 334 g/mol. The molecule has 27 heavy (non-hydrogen) atoms. The minimum Gasteiger partial charge on any atom is -0.480 e. The van der Waals surface area contributed by atoms with E-state index in [1.165, 1.54) is 11.1 Å². The van der Waals surface area contributed by atoms with Crippen molar-refractivity contribution in [1.82, 2.24) is 5.32 Å². The molecule has 3 nitrogen and oxygen atoms in total. The quantitative estimate of drug-likeness (QED) is 0.570. The van der Waals surface area contributed by atoms with Crippen LogP contribution >= 0.6 is 0 Å². The van der Waals surface area contributed by atoms with Crippen LogP contribution in [-0.2, 0) is 11.2 Å².